The number of carbonyl (C=O) groups is 2. The molecule has 1 aliphatic rings. The van der Waals surface area contributed by atoms with Crippen LogP contribution < -0.4 is 22.0 Å². The Hall–Kier alpha value is -6.42. The molecule has 0 radical (unpaired) electrons. The maximum Gasteiger partial charge on any atom is 0.151 e. The van der Waals surface area contributed by atoms with E-state index in [1.807, 2.05) is 72.8 Å². The van der Waals surface area contributed by atoms with Crippen molar-refractivity contribution in [1.82, 2.24) is 19.9 Å². The van der Waals surface area contributed by atoms with Gasteiger partial charge in [0.25, 0.3) is 0 Å². The predicted octanol–water partition coefficient (Wildman–Crippen LogP) is 5.36. The van der Waals surface area contributed by atoms with Crippen LogP contribution in [0.1, 0.15) is 20.7 Å². The highest BCUT2D eigenvalue weighted by Gasteiger charge is 2.17. The number of fused-ring (bicyclic) bond motifs is 20. The molecule has 4 N–H and O–H groups in total. The molecule has 0 fully saturated rings. The summed E-state index contributed by atoms with van der Waals surface area (Å²) in [4.78, 5) is 58.0. The lowest BCUT2D eigenvalue weighted by atomic mass is 10.0. The van der Waals surface area contributed by atoms with Crippen LogP contribution in [0.5, 0.6) is 0 Å². The Morgan fingerprint density at radius 1 is 0.409 bits per heavy atom. The number of H-pyrrole nitrogens is 4. The molecule has 44 heavy (non-hydrogen) atoms. The van der Waals surface area contributed by atoms with Gasteiger partial charge in [0.15, 0.2) is 12.6 Å². The van der Waals surface area contributed by atoms with E-state index in [4.69, 9.17) is 20.0 Å². The van der Waals surface area contributed by atoms with Crippen molar-refractivity contribution >= 4 is 78.9 Å². The van der Waals surface area contributed by atoms with Gasteiger partial charge in [-0.15, -0.1) is 0 Å². The van der Waals surface area contributed by atoms with Crippen LogP contribution in [0.25, 0.3) is 43.1 Å². The molecule has 4 aromatic carbocycles. The molecule has 8 bridgehead atoms. The molecule has 0 saturated carbocycles. The fraction of sp³-hybridized carbons (Fsp3) is 0. The van der Waals surface area contributed by atoms with Crippen molar-refractivity contribution < 1.29 is 9.59 Å². The second-order valence-corrected chi connectivity index (χ2v) is 10.6. The van der Waals surface area contributed by atoms with Gasteiger partial charge in [0.05, 0.1) is 0 Å². The molecule has 5 heterocycles. The van der Waals surface area contributed by atoms with E-state index in [-0.39, 0.29) is 11.1 Å². The van der Waals surface area contributed by atoms with E-state index in [1.165, 1.54) is 0 Å². The average Bonchev–Trinajstić information content (AvgIpc) is 3.80. The molecule has 0 amide bonds. The number of aromatic amines is 4. The van der Waals surface area contributed by atoms with E-state index in [0.717, 1.165) is 32.3 Å². The van der Waals surface area contributed by atoms with Gasteiger partial charge in [0.2, 0.25) is 0 Å². The van der Waals surface area contributed by atoms with Crippen molar-refractivity contribution in [2.75, 3.05) is 0 Å². The molecule has 0 spiro atoms. The van der Waals surface area contributed by atoms with Crippen molar-refractivity contribution in [3.8, 4) is 0 Å². The number of rotatable bonds is 2. The van der Waals surface area contributed by atoms with E-state index in [9.17, 15) is 9.59 Å². The second kappa shape index (κ2) is 9.04. The van der Waals surface area contributed by atoms with Gasteiger partial charge in [-0.2, -0.15) is 0 Å². The van der Waals surface area contributed by atoms with Crippen LogP contribution in [0.3, 0.4) is 0 Å². The lowest BCUT2D eigenvalue weighted by Gasteiger charge is -1.99. The van der Waals surface area contributed by atoms with Crippen molar-refractivity contribution in [2.24, 2.45) is 20.0 Å². The van der Waals surface area contributed by atoms with Crippen molar-refractivity contribution in [2.45, 2.75) is 0 Å². The number of benzene rings is 4. The third-order valence-electron chi connectivity index (χ3n) is 8.17. The summed E-state index contributed by atoms with van der Waals surface area (Å²) in [6, 6.07) is 27.1. The third-order valence-corrected chi connectivity index (χ3v) is 8.17. The summed E-state index contributed by atoms with van der Waals surface area (Å²) < 4.78 is 0. The van der Waals surface area contributed by atoms with Gasteiger partial charge in [-0.3, -0.25) is 9.59 Å². The summed E-state index contributed by atoms with van der Waals surface area (Å²) in [5.74, 6) is 2.38. The predicted molar refractivity (Wildman–Crippen MR) is 167 cm³/mol. The normalized spacial score (nSPS) is 12.5. The fourth-order valence-corrected chi connectivity index (χ4v) is 6.14. The molecule has 208 valence electrons. The third kappa shape index (κ3) is 3.42. The molecule has 9 rings (SSSR count). The van der Waals surface area contributed by atoms with Gasteiger partial charge in [0, 0.05) is 54.2 Å². The van der Waals surface area contributed by atoms with Crippen LogP contribution in [0.15, 0.2) is 105 Å². The smallest absolute Gasteiger partial charge is 0.151 e. The van der Waals surface area contributed by atoms with E-state index in [2.05, 4.69) is 19.9 Å². The van der Waals surface area contributed by atoms with Gasteiger partial charge in [0.1, 0.15) is 45.2 Å². The number of hydrogen-bond acceptors (Lipinski definition) is 6. The first-order valence-electron chi connectivity index (χ1n) is 14.0. The molecule has 4 aromatic heterocycles. The topological polar surface area (TPSA) is 147 Å². The number of aldehydes is 2. The minimum Gasteiger partial charge on any atom is -0.324 e. The lowest BCUT2D eigenvalue weighted by molar-refractivity contribution is 0.109. The Balaban J connectivity index is 1.52. The zero-order valence-corrected chi connectivity index (χ0v) is 22.8. The van der Waals surface area contributed by atoms with Crippen molar-refractivity contribution in [3.05, 3.63) is 118 Å². The van der Waals surface area contributed by atoms with Gasteiger partial charge >= 0.3 is 0 Å². The van der Waals surface area contributed by atoms with Gasteiger partial charge in [-0.1, -0.05) is 78.9 Å². The highest BCUT2D eigenvalue weighted by atomic mass is 16.1. The first kappa shape index (κ1) is 24.2. The standard InChI is InChI=1S/C34H20N8O2/c43-15-17-13-14-24-26(25(17)16-44)34-41-32-23-12-6-5-11-22(23)30(39-32)37-28-19-8-2-1-7-18(19)27(35-28)36-29-20-9-3-4-10-21(20)31(38-29)40-33(24)42-34/h1-16H,(H4,35,36,37,38,39,40,41,42). The summed E-state index contributed by atoms with van der Waals surface area (Å²) in [6.07, 6.45) is 1.36. The molecule has 0 atom stereocenters. The Bertz CT molecular complexity index is 2770. The van der Waals surface area contributed by atoms with Crippen LogP contribution in [0, 0.1) is 0 Å². The minimum atomic E-state index is 0.241. The van der Waals surface area contributed by atoms with E-state index >= 15 is 0 Å². The molecule has 0 aliphatic carbocycles. The van der Waals surface area contributed by atoms with Gasteiger partial charge < -0.3 is 19.9 Å². The average molecular weight is 573 g/mol. The van der Waals surface area contributed by atoms with E-state index in [1.54, 1.807) is 12.1 Å². The maximum atomic E-state index is 12.4. The summed E-state index contributed by atoms with van der Waals surface area (Å²) in [7, 11) is 0. The maximum absolute atomic E-state index is 12.4. The SMILES string of the molecule is O=Cc1ccc2c3[nH]c(c2c1C=O)=Nc1[nH]c(c2ccccc12)N=c1[nH]c(c2ccccc12)=Nc1[nH]c(c2ccccc12)N=3. The quantitative estimate of drug-likeness (QED) is 0.207. The molecule has 0 saturated heterocycles. The molecule has 0 unspecified atom stereocenters. The number of nitrogens with zero attached hydrogens (tertiary/aromatic N) is 4. The Morgan fingerprint density at radius 3 is 1.27 bits per heavy atom. The van der Waals surface area contributed by atoms with Crippen molar-refractivity contribution in [3.63, 3.8) is 0 Å². The molecule has 8 aromatic rings. The Labute approximate surface area is 246 Å². The number of nitrogens with one attached hydrogen (secondary N) is 4. The van der Waals surface area contributed by atoms with Gasteiger partial charge in [-0.25, -0.2) is 20.0 Å². The van der Waals surface area contributed by atoms with Crippen LogP contribution in [0.4, 0.5) is 23.3 Å². The molecular weight excluding hydrogens is 552 g/mol. The second-order valence-electron chi connectivity index (χ2n) is 10.6. The number of hydrogen-bond donors (Lipinski definition) is 4. The summed E-state index contributed by atoms with van der Waals surface area (Å²) in [5.41, 5.74) is 2.70. The molecule has 10 heteroatoms. The summed E-state index contributed by atoms with van der Waals surface area (Å²) in [5, 5.41) is 6.49. The van der Waals surface area contributed by atoms with Crippen LogP contribution in [-0.4, -0.2) is 32.5 Å². The summed E-state index contributed by atoms with van der Waals surface area (Å²) >= 11 is 0. The Kier molecular flexibility index (Phi) is 4.97. The largest absolute Gasteiger partial charge is 0.324 e. The minimum absolute atomic E-state index is 0.241. The van der Waals surface area contributed by atoms with Crippen LogP contribution >= 0.6 is 0 Å². The zero-order valence-electron chi connectivity index (χ0n) is 22.8. The first-order valence-corrected chi connectivity index (χ1v) is 14.0. The zero-order chi connectivity index (χ0) is 29.4. The van der Waals surface area contributed by atoms with E-state index in [0.29, 0.717) is 68.6 Å². The molecule has 1 aliphatic heterocycles. The monoisotopic (exact) mass is 572 g/mol. The Morgan fingerprint density at radius 2 is 0.818 bits per heavy atom. The summed E-state index contributed by atoms with van der Waals surface area (Å²) in [6.45, 7) is 0. The van der Waals surface area contributed by atoms with Crippen molar-refractivity contribution in [1.29, 1.82) is 0 Å². The lowest BCUT2D eigenvalue weighted by Crippen LogP contribution is -2.10. The number of aromatic nitrogens is 4. The highest BCUT2D eigenvalue weighted by Crippen LogP contribution is 2.35. The van der Waals surface area contributed by atoms with E-state index < -0.39 is 0 Å². The molecule has 10 nitrogen and oxygen atoms in total. The first-order chi connectivity index (χ1) is 21.7. The fourth-order valence-electron chi connectivity index (χ4n) is 6.14. The van der Waals surface area contributed by atoms with Crippen LogP contribution in [-0.2, 0) is 0 Å². The highest BCUT2D eigenvalue weighted by molar-refractivity contribution is 6.05. The van der Waals surface area contributed by atoms with Crippen LogP contribution in [0.2, 0.25) is 0 Å². The molecular formula is C34H20N8O2. The number of carbonyl (C=O) groups excluding carboxylic acids is 2. The van der Waals surface area contributed by atoms with Gasteiger partial charge in [-0.05, 0) is 6.07 Å².